The van der Waals surface area contributed by atoms with E-state index in [1.807, 2.05) is 0 Å². The van der Waals surface area contributed by atoms with Crippen LogP contribution in [0.25, 0.3) is 0 Å². The second-order valence-corrected chi connectivity index (χ2v) is 9.75. The highest BCUT2D eigenvalue weighted by molar-refractivity contribution is 5.88. The number of aryl methyl sites for hydroxylation is 1. The van der Waals surface area contributed by atoms with Crippen molar-refractivity contribution in [3.8, 4) is 5.75 Å². The minimum absolute atomic E-state index is 0.193. The summed E-state index contributed by atoms with van der Waals surface area (Å²) < 4.78 is 31.6. The van der Waals surface area contributed by atoms with E-state index in [2.05, 4.69) is 4.98 Å². The molecule has 0 atom stereocenters. The van der Waals surface area contributed by atoms with Gasteiger partial charge in [0.2, 0.25) is 17.7 Å². The van der Waals surface area contributed by atoms with Crippen LogP contribution in [0.1, 0.15) is 36.1 Å². The van der Waals surface area contributed by atoms with Crippen LogP contribution in [0.15, 0.2) is 66.9 Å². The van der Waals surface area contributed by atoms with Crippen LogP contribution in [0.3, 0.4) is 0 Å². The van der Waals surface area contributed by atoms with Crippen LogP contribution in [-0.2, 0) is 33.6 Å². The fraction of sp³-hybridized carbons (Fsp3) is 0.355. The molecule has 0 aliphatic rings. The predicted octanol–water partition coefficient (Wildman–Crippen LogP) is 3.71. The summed E-state index contributed by atoms with van der Waals surface area (Å²) >= 11 is 0. The number of primary amides is 1. The second-order valence-electron chi connectivity index (χ2n) is 9.75. The maximum atomic E-state index is 13.3. The van der Waals surface area contributed by atoms with Crippen LogP contribution >= 0.6 is 0 Å². The van der Waals surface area contributed by atoms with Crippen LogP contribution in [0.2, 0.25) is 0 Å². The summed E-state index contributed by atoms with van der Waals surface area (Å²) in [6, 6.07) is 15.8. The standard InChI is InChI=1S/C31H36F2N4O4/c1-41-28-15-14-27(35-20-28)17-19-36(21-29(34)38)31(40)22-37(18-16-24-8-12-26(33)13-9-24)30(39)5-3-2-4-23-6-10-25(32)11-7-23/h6-15,20H,2-5,16-19,21-22H2,1H3,(H2,34,38). The van der Waals surface area contributed by atoms with Gasteiger partial charge in [-0.25, -0.2) is 8.78 Å². The number of halogens is 2. The summed E-state index contributed by atoms with van der Waals surface area (Å²) in [6.45, 7) is -0.0641. The number of methoxy groups -OCH3 is 1. The number of benzene rings is 2. The molecule has 0 saturated heterocycles. The average molecular weight is 567 g/mol. The third-order valence-electron chi connectivity index (χ3n) is 6.65. The Bertz CT molecular complexity index is 1270. The Hall–Kier alpha value is -4.34. The Balaban J connectivity index is 1.63. The predicted molar refractivity (Wildman–Crippen MR) is 151 cm³/mol. The summed E-state index contributed by atoms with van der Waals surface area (Å²) in [7, 11) is 1.54. The van der Waals surface area contributed by atoms with Crippen LogP contribution in [-0.4, -0.2) is 65.8 Å². The van der Waals surface area contributed by atoms with Gasteiger partial charge in [0.1, 0.15) is 17.4 Å². The molecule has 2 N–H and O–H groups in total. The van der Waals surface area contributed by atoms with Gasteiger partial charge >= 0.3 is 0 Å². The number of nitrogens with two attached hydrogens (primary N) is 1. The second kappa shape index (κ2) is 16.1. The number of hydrogen-bond donors (Lipinski definition) is 1. The molecular weight excluding hydrogens is 530 g/mol. The molecule has 0 aliphatic carbocycles. The van der Waals surface area contributed by atoms with E-state index in [1.54, 1.807) is 49.7 Å². The van der Waals surface area contributed by atoms with E-state index < -0.39 is 11.8 Å². The zero-order chi connectivity index (χ0) is 29.6. The Morgan fingerprint density at radius 2 is 1.34 bits per heavy atom. The molecule has 0 aliphatic heterocycles. The van der Waals surface area contributed by atoms with Crippen LogP contribution in [0.5, 0.6) is 5.75 Å². The van der Waals surface area contributed by atoms with E-state index in [0.717, 1.165) is 17.5 Å². The lowest BCUT2D eigenvalue weighted by molar-refractivity contribution is -0.141. The highest BCUT2D eigenvalue weighted by atomic mass is 19.1. The molecule has 218 valence electrons. The molecule has 10 heteroatoms. The number of carbonyl (C=O) groups excluding carboxylic acids is 3. The van der Waals surface area contributed by atoms with Crippen LogP contribution < -0.4 is 10.5 Å². The number of amides is 3. The highest BCUT2D eigenvalue weighted by Crippen LogP contribution is 2.12. The van der Waals surface area contributed by atoms with E-state index in [-0.39, 0.29) is 50.1 Å². The first-order valence-corrected chi connectivity index (χ1v) is 13.5. The zero-order valence-corrected chi connectivity index (χ0v) is 23.2. The first-order valence-electron chi connectivity index (χ1n) is 13.5. The van der Waals surface area contributed by atoms with E-state index >= 15 is 0 Å². The molecule has 0 radical (unpaired) electrons. The molecule has 3 aromatic rings. The van der Waals surface area contributed by atoms with Crippen LogP contribution in [0, 0.1) is 11.6 Å². The van der Waals surface area contributed by atoms with Gasteiger partial charge in [0.25, 0.3) is 0 Å². The minimum atomic E-state index is -0.661. The van der Waals surface area contributed by atoms with Gasteiger partial charge in [-0.1, -0.05) is 24.3 Å². The van der Waals surface area contributed by atoms with Gasteiger partial charge in [-0.15, -0.1) is 0 Å². The smallest absolute Gasteiger partial charge is 0.242 e. The number of pyridine rings is 1. The summed E-state index contributed by atoms with van der Waals surface area (Å²) in [5.74, 6) is -1.31. The topological polar surface area (TPSA) is 106 Å². The molecule has 0 bridgehead atoms. The molecule has 3 amide bonds. The third-order valence-corrected chi connectivity index (χ3v) is 6.65. The molecular formula is C31H36F2N4O4. The molecule has 0 fully saturated rings. The number of aromatic nitrogens is 1. The fourth-order valence-electron chi connectivity index (χ4n) is 4.29. The molecule has 8 nitrogen and oxygen atoms in total. The van der Waals surface area contributed by atoms with E-state index in [4.69, 9.17) is 10.5 Å². The Kier molecular flexibility index (Phi) is 12.2. The lowest BCUT2D eigenvalue weighted by atomic mass is 10.1. The summed E-state index contributed by atoms with van der Waals surface area (Å²) in [5, 5.41) is 0. The van der Waals surface area contributed by atoms with E-state index in [0.29, 0.717) is 37.1 Å². The molecule has 1 aromatic heterocycles. The van der Waals surface area contributed by atoms with Gasteiger partial charge in [-0.05, 0) is 73.2 Å². The number of carbonyl (C=O) groups is 3. The number of hydrogen-bond acceptors (Lipinski definition) is 5. The quantitative estimate of drug-likeness (QED) is 0.266. The first-order chi connectivity index (χ1) is 19.7. The monoisotopic (exact) mass is 566 g/mol. The molecule has 0 saturated carbocycles. The molecule has 0 spiro atoms. The van der Waals surface area contributed by atoms with Gasteiger partial charge in [-0.2, -0.15) is 0 Å². The maximum absolute atomic E-state index is 13.3. The lowest BCUT2D eigenvalue weighted by Gasteiger charge is -2.27. The normalized spacial score (nSPS) is 10.7. The van der Waals surface area contributed by atoms with Gasteiger partial charge in [0.05, 0.1) is 26.4 Å². The van der Waals surface area contributed by atoms with Crippen molar-refractivity contribution in [3.05, 3.63) is 95.3 Å². The van der Waals surface area contributed by atoms with Crippen molar-refractivity contribution in [1.29, 1.82) is 0 Å². The molecule has 0 unspecified atom stereocenters. The number of unbranched alkanes of at least 4 members (excludes halogenated alkanes) is 1. The number of ether oxygens (including phenoxy) is 1. The Morgan fingerprint density at radius 1 is 0.756 bits per heavy atom. The van der Waals surface area contributed by atoms with Crippen molar-refractivity contribution in [1.82, 2.24) is 14.8 Å². The van der Waals surface area contributed by atoms with Gasteiger partial charge in [-0.3, -0.25) is 19.4 Å². The van der Waals surface area contributed by atoms with E-state index in [9.17, 15) is 23.2 Å². The average Bonchev–Trinajstić information content (AvgIpc) is 2.97. The summed E-state index contributed by atoms with van der Waals surface area (Å²) in [6.07, 6.45) is 4.63. The summed E-state index contributed by atoms with van der Waals surface area (Å²) in [4.78, 5) is 45.4. The van der Waals surface area contributed by atoms with E-state index in [1.165, 1.54) is 34.1 Å². The largest absolute Gasteiger partial charge is 0.495 e. The van der Waals surface area contributed by atoms with Crippen molar-refractivity contribution in [2.45, 2.75) is 38.5 Å². The summed E-state index contributed by atoms with van der Waals surface area (Å²) in [5.41, 5.74) is 7.93. The van der Waals surface area contributed by atoms with Crippen molar-refractivity contribution in [2.24, 2.45) is 5.73 Å². The maximum Gasteiger partial charge on any atom is 0.242 e. The number of nitrogens with zero attached hydrogens (tertiary/aromatic N) is 3. The van der Waals surface area contributed by atoms with Crippen molar-refractivity contribution in [2.75, 3.05) is 33.3 Å². The van der Waals surface area contributed by atoms with Crippen molar-refractivity contribution >= 4 is 17.7 Å². The molecule has 3 rings (SSSR count). The van der Waals surface area contributed by atoms with Gasteiger partial charge in [0.15, 0.2) is 0 Å². The van der Waals surface area contributed by atoms with Gasteiger partial charge < -0.3 is 20.3 Å². The minimum Gasteiger partial charge on any atom is -0.495 e. The lowest BCUT2D eigenvalue weighted by Crippen LogP contribution is -2.47. The molecule has 1 heterocycles. The van der Waals surface area contributed by atoms with Gasteiger partial charge in [0, 0.05) is 31.6 Å². The van der Waals surface area contributed by atoms with Crippen LogP contribution in [0.4, 0.5) is 8.78 Å². The molecule has 41 heavy (non-hydrogen) atoms. The first kappa shape index (κ1) is 31.2. The molecule has 2 aromatic carbocycles. The van der Waals surface area contributed by atoms with Crippen molar-refractivity contribution in [3.63, 3.8) is 0 Å². The highest BCUT2D eigenvalue weighted by Gasteiger charge is 2.22. The zero-order valence-electron chi connectivity index (χ0n) is 23.2. The Labute approximate surface area is 239 Å². The Morgan fingerprint density at radius 3 is 1.90 bits per heavy atom. The van der Waals surface area contributed by atoms with Crippen molar-refractivity contribution < 1.29 is 27.9 Å². The SMILES string of the molecule is COc1ccc(CCN(CC(N)=O)C(=O)CN(CCc2ccc(F)cc2)C(=O)CCCCc2ccc(F)cc2)nc1. The number of rotatable bonds is 16. The third kappa shape index (κ3) is 11.0. The fourth-order valence-corrected chi connectivity index (χ4v) is 4.29.